The number of hydrogen-bond acceptors (Lipinski definition) is 0. The van der Waals surface area contributed by atoms with Gasteiger partial charge in [-0.05, 0) is 78.6 Å². The first-order chi connectivity index (χ1) is 16.2. The van der Waals surface area contributed by atoms with Crippen molar-refractivity contribution in [2.45, 2.75) is 13.8 Å². The zero-order valence-electron chi connectivity index (χ0n) is 18.9. The number of nitrogens with zero attached hydrogens (tertiary/aromatic N) is 1. The highest BCUT2D eigenvalue weighted by atomic mass is 15.0. The fraction of sp³-hybridized carbons (Fsp3) is 0.0625. The van der Waals surface area contributed by atoms with Crippen molar-refractivity contribution in [3.63, 3.8) is 0 Å². The van der Waals surface area contributed by atoms with E-state index in [4.69, 9.17) is 0 Å². The Morgan fingerprint density at radius 3 is 1.33 bits per heavy atom. The quantitative estimate of drug-likeness (QED) is 0.268. The second-order valence-electron chi connectivity index (χ2n) is 8.88. The Bertz CT molecular complexity index is 1490. The van der Waals surface area contributed by atoms with E-state index in [-0.39, 0.29) is 0 Å². The third kappa shape index (κ3) is 3.43. The lowest BCUT2D eigenvalue weighted by Crippen LogP contribution is -1.96. The largest absolute Gasteiger partial charge is 0.309 e. The van der Waals surface area contributed by atoms with Crippen LogP contribution in [0.4, 0.5) is 0 Å². The van der Waals surface area contributed by atoms with Gasteiger partial charge in [0.2, 0.25) is 0 Å². The Kier molecular flexibility index (Phi) is 4.62. The number of hydrogen-bond donors (Lipinski definition) is 0. The number of rotatable bonds is 3. The monoisotopic (exact) mass is 423 g/mol. The molecule has 0 aliphatic heterocycles. The molecular formula is C32H25N. The van der Waals surface area contributed by atoms with Gasteiger partial charge in [-0.3, -0.25) is 0 Å². The molecule has 1 heteroatoms. The van der Waals surface area contributed by atoms with Crippen molar-refractivity contribution in [1.29, 1.82) is 0 Å². The molecule has 0 saturated heterocycles. The molecule has 1 nitrogen and oxygen atoms in total. The molecule has 33 heavy (non-hydrogen) atoms. The van der Waals surface area contributed by atoms with Crippen molar-refractivity contribution >= 4 is 21.8 Å². The Balaban J connectivity index is 1.70. The van der Waals surface area contributed by atoms with Crippen LogP contribution in [-0.4, -0.2) is 4.57 Å². The zero-order valence-corrected chi connectivity index (χ0v) is 18.9. The van der Waals surface area contributed by atoms with E-state index in [1.54, 1.807) is 0 Å². The van der Waals surface area contributed by atoms with Crippen LogP contribution >= 0.6 is 0 Å². The predicted molar refractivity (Wildman–Crippen MR) is 141 cm³/mol. The molecular weight excluding hydrogens is 398 g/mol. The number of fused-ring (bicyclic) bond motifs is 3. The molecule has 1 aromatic heterocycles. The summed E-state index contributed by atoms with van der Waals surface area (Å²) in [6, 6.07) is 41.8. The molecule has 0 radical (unpaired) electrons. The first-order valence-corrected chi connectivity index (χ1v) is 11.5. The van der Waals surface area contributed by atoms with E-state index >= 15 is 0 Å². The molecule has 0 amide bonds. The molecule has 0 atom stereocenters. The minimum absolute atomic E-state index is 1.18. The van der Waals surface area contributed by atoms with Crippen molar-refractivity contribution in [3.05, 3.63) is 126 Å². The van der Waals surface area contributed by atoms with Gasteiger partial charge in [-0.25, -0.2) is 0 Å². The van der Waals surface area contributed by atoms with Crippen LogP contribution in [0.15, 0.2) is 115 Å². The minimum atomic E-state index is 1.18. The van der Waals surface area contributed by atoms with E-state index in [0.717, 1.165) is 0 Å². The van der Waals surface area contributed by atoms with E-state index < -0.39 is 0 Å². The maximum atomic E-state index is 2.42. The molecule has 6 aromatic rings. The summed E-state index contributed by atoms with van der Waals surface area (Å²) in [7, 11) is 0. The summed E-state index contributed by atoms with van der Waals surface area (Å²) in [5, 5.41) is 2.61. The van der Waals surface area contributed by atoms with Gasteiger partial charge in [0.15, 0.2) is 0 Å². The second kappa shape index (κ2) is 7.79. The van der Waals surface area contributed by atoms with E-state index in [1.165, 1.54) is 60.9 Å². The number of aryl methyl sites for hydroxylation is 2. The van der Waals surface area contributed by atoms with Gasteiger partial charge in [0, 0.05) is 16.5 Å². The van der Waals surface area contributed by atoms with Gasteiger partial charge in [0.25, 0.3) is 0 Å². The van der Waals surface area contributed by atoms with Crippen LogP contribution in [0.3, 0.4) is 0 Å². The fourth-order valence-electron chi connectivity index (χ4n) is 4.86. The molecule has 0 N–H and O–H groups in total. The molecule has 0 spiro atoms. The molecule has 158 valence electrons. The van der Waals surface area contributed by atoms with Crippen molar-refractivity contribution in [1.82, 2.24) is 4.57 Å². The van der Waals surface area contributed by atoms with Crippen LogP contribution in [-0.2, 0) is 0 Å². The molecule has 0 fully saturated rings. The average molecular weight is 424 g/mol. The van der Waals surface area contributed by atoms with Gasteiger partial charge in [0.05, 0.1) is 11.0 Å². The summed E-state index contributed by atoms with van der Waals surface area (Å²) >= 11 is 0. The molecule has 0 unspecified atom stereocenters. The van der Waals surface area contributed by atoms with Gasteiger partial charge in [-0.15, -0.1) is 0 Å². The third-order valence-corrected chi connectivity index (χ3v) is 6.47. The van der Waals surface area contributed by atoms with Gasteiger partial charge in [0.1, 0.15) is 0 Å². The molecule has 0 aliphatic carbocycles. The molecule has 6 rings (SSSR count). The summed E-state index contributed by atoms with van der Waals surface area (Å²) in [4.78, 5) is 0. The van der Waals surface area contributed by atoms with E-state index in [2.05, 4.69) is 134 Å². The second-order valence-corrected chi connectivity index (χ2v) is 8.88. The van der Waals surface area contributed by atoms with Gasteiger partial charge < -0.3 is 4.57 Å². The predicted octanol–water partition coefficient (Wildman–Crippen LogP) is 8.73. The van der Waals surface area contributed by atoms with Crippen molar-refractivity contribution in [2.75, 3.05) is 0 Å². The summed E-state index contributed by atoms with van der Waals surface area (Å²) in [6.07, 6.45) is 0. The van der Waals surface area contributed by atoms with E-state index in [0.29, 0.717) is 0 Å². The van der Waals surface area contributed by atoms with Crippen LogP contribution < -0.4 is 0 Å². The Labute approximate surface area is 194 Å². The number of aromatic nitrogens is 1. The Morgan fingerprint density at radius 2 is 0.879 bits per heavy atom. The van der Waals surface area contributed by atoms with Crippen molar-refractivity contribution in [2.24, 2.45) is 0 Å². The smallest absolute Gasteiger partial charge is 0.0541 e. The van der Waals surface area contributed by atoms with Crippen LogP contribution in [0, 0.1) is 13.8 Å². The lowest BCUT2D eigenvalue weighted by Gasteiger charge is -2.14. The molecule has 0 aliphatic rings. The molecule has 5 aromatic carbocycles. The molecule has 0 saturated carbocycles. The Morgan fingerprint density at radius 1 is 0.424 bits per heavy atom. The van der Waals surface area contributed by atoms with Crippen LogP contribution in [0.5, 0.6) is 0 Å². The highest BCUT2D eigenvalue weighted by Gasteiger charge is 2.15. The first kappa shape index (κ1) is 19.6. The topological polar surface area (TPSA) is 4.93 Å². The van der Waals surface area contributed by atoms with E-state index in [9.17, 15) is 0 Å². The summed E-state index contributed by atoms with van der Waals surface area (Å²) in [6.45, 7) is 4.34. The SMILES string of the molecule is Cc1ccc2c(c1)c1cc(C)ccc1n2-c1cc(-c2ccccc2)cc(-c2ccccc2)c1. The summed E-state index contributed by atoms with van der Waals surface area (Å²) in [5.74, 6) is 0. The van der Waals surface area contributed by atoms with Gasteiger partial charge in [-0.1, -0.05) is 83.9 Å². The first-order valence-electron chi connectivity index (χ1n) is 11.5. The van der Waals surface area contributed by atoms with Gasteiger partial charge in [-0.2, -0.15) is 0 Å². The zero-order chi connectivity index (χ0) is 22.4. The normalized spacial score (nSPS) is 11.3. The molecule has 0 bridgehead atoms. The molecule has 1 heterocycles. The number of benzene rings is 5. The summed E-state index contributed by atoms with van der Waals surface area (Å²) < 4.78 is 2.42. The van der Waals surface area contributed by atoms with Crippen LogP contribution in [0.25, 0.3) is 49.7 Å². The highest BCUT2D eigenvalue weighted by Crippen LogP contribution is 2.36. The lowest BCUT2D eigenvalue weighted by molar-refractivity contribution is 1.18. The highest BCUT2D eigenvalue weighted by molar-refractivity contribution is 6.09. The maximum Gasteiger partial charge on any atom is 0.0541 e. The Hall–Kier alpha value is -4.10. The summed E-state index contributed by atoms with van der Waals surface area (Å²) in [5.41, 5.74) is 11.1. The standard InChI is InChI=1S/C32H25N/c1-22-13-15-31-29(17-22)30-18-23(2)14-16-32(30)33(31)28-20-26(24-9-5-3-6-10-24)19-27(21-28)25-11-7-4-8-12-25/h3-21H,1-2H3. The average Bonchev–Trinajstić information content (AvgIpc) is 3.17. The minimum Gasteiger partial charge on any atom is -0.309 e. The van der Waals surface area contributed by atoms with Crippen molar-refractivity contribution < 1.29 is 0 Å². The van der Waals surface area contributed by atoms with E-state index in [1.807, 2.05) is 0 Å². The maximum absolute atomic E-state index is 2.42. The van der Waals surface area contributed by atoms with Gasteiger partial charge >= 0.3 is 0 Å². The van der Waals surface area contributed by atoms with Crippen LogP contribution in [0.1, 0.15) is 11.1 Å². The fourth-order valence-corrected chi connectivity index (χ4v) is 4.86. The lowest BCUT2D eigenvalue weighted by atomic mass is 9.98. The van der Waals surface area contributed by atoms with Crippen LogP contribution in [0.2, 0.25) is 0 Å². The van der Waals surface area contributed by atoms with Crippen molar-refractivity contribution in [3.8, 4) is 27.9 Å². The third-order valence-electron chi connectivity index (χ3n) is 6.47.